The highest BCUT2D eigenvalue weighted by atomic mass is 127. The average Bonchev–Trinajstić information content (AvgIpc) is 3.20. The van der Waals surface area contributed by atoms with Crippen LogP contribution in [0.2, 0.25) is 5.02 Å². The van der Waals surface area contributed by atoms with E-state index in [4.69, 9.17) is 25.8 Å². The Morgan fingerprint density at radius 2 is 1.83 bits per heavy atom. The van der Waals surface area contributed by atoms with Crippen LogP contribution in [0, 0.1) is 3.57 Å². The van der Waals surface area contributed by atoms with E-state index in [0.29, 0.717) is 46.5 Å². The number of nitrogens with zero attached hydrogens (tertiary/aromatic N) is 1. The minimum atomic E-state index is -0.580. The molecule has 0 aromatic heterocycles. The minimum Gasteiger partial charge on any atom is -0.490 e. The molecule has 9 heteroatoms. The summed E-state index contributed by atoms with van der Waals surface area (Å²) in [7, 11) is 0. The predicted molar refractivity (Wildman–Crippen MR) is 147 cm³/mol. The topological polar surface area (TPSA) is 86.2 Å². The molecule has 0 saturated heterocycles. The van der Waals surface area contributed by atoms with Gasteiger partial charge in [0, 0.05) is 21.7 Å². The van der Waals surface area contributed by atoms with Crippen LogP contribution >= 0.6 is 34.2 Å². The van der Waals surface area contributed by atoms with Crippen LogP contribution in [-0.4, -0.2) is 24.4 Å². The second-order valence-electron chi connectivity index (χ2n) is 7.77. The molecule has 0 fully saturated rings. The first-order valence-corrected chi connectivity index (χ1v) is 12.5. The second-order valence-corrected chi connectivity index (χ2v) is 9.43. The molecule has 1 heterocycles. The molecule has 7 nitrogen and oxygen atoms in total. The molecule has 4 rings (SSSR count). The molecule has 0 unspecified atom stereocenters. The standard InChI is InChI=1S/C27H22ClIN2O5/c1-3-34-24-14-18(12-22(28)25(24)35-15-17-4-8-20(29)9-5-17)13-23-27(33)36-26(31-23)19-6-10-21(11-7-19)30-16(2)32/h4-14H,3,15H2,1-2H3,(H,30,32)/b23-13-. The molecule has 1 amide bonds. The molecule has 0 radical (unpaired) electrons. The number of benzene rings is 3. The van der Waals surface area contributed by atoms with Crippen molar-refractivity contribution in [3.05, 3.63) is 91.6 Å². The number of aliphatic imine (C=N–C) groups is 1. The van der Waals surface area contributed by atoms with Crippen LogP contribution in [0.1, 0.15) is 30.5 Å². The van der Waals surface area contributed by atoms with Crippen LogP contribution < -0.4 is 14.8 Å². The zero-order valence-electron chi connectivity index (χ0n) is 19.5. The number of ether oxygens (including phenoxy) is 3. The molecule has 1 aliphatic rings. The normalized spacial score (nSPS) is 13.8. The third-order valence-electron chi connectivity index (χ3n) is 5.00. The van der Waals surface area contributed by atoms with Crippen LogP contribution in [0.25, 0.3) is 6.08 Å². The summed E-state index contributed by atoms with van der Waals surface area (Å²) in [5.41, 5.74) is 2.98. The lowest BCUT2D eigenvalue weighted by Crippen LogP contribution is -2.07. The van der Waals surface area contributed by atoms with Gasteiger partial charge in [-0.1, -0.05) is 23.7 Å². The van der Waals surface area contributed by atoms with Gasteiger partial charge < -0.3 is 19.5 Å². The number of amides is 1. The summed E-state index contributed by atoms with van der Waals surface area (Å²) in [5.74, 6) is 0.315. The molecule has 1 N–H and O–H groups in total. The van der Waals surface area contributed by atoms with Crippen LogP contribution in [0.3, 0.4) is 0 Å². The first-order chi connectivity index (χ1) is 17.3. The first-order valence-electron chi connectivity index (χ1n) is 11.1. The van der Waals surface area contributed by atoms with Gasteiger partial charge in [0.1, 0.15) is 6.61 Å². The maximum Gasteiger partial charge on any atom is 0.363 e. The molecular formula is C27H22ClIN2O5. The number of cyclic esters (lactones) is 1. The Kier molecular flexibility index (Phi) is 8.27. The van der Waals surface area contributed by atoms with Crippen molar-refractivity contribution < 1.29 is 23.8 Å². The van der Waals surface area contributed by atoms with Crippen molar-refractivity contribution in [1.82, 2.24) is 0 Å². The Hall–Kier alpha value is -3.37. The molecule has 3 aromatic carbocycles. The number of anilines is 1. The van der Waals surface area contributed by atoms with Crippen molar-refractivity contribution in [1.29, 1.82) is 0 Å². The number of esters is 1. The highest BCUT2D eigenvalue weighted by Crippen LogP contribution is 2.38. The van der Waals surface area contributed by atoms with Crippen LogP contribution in [0.5, 0.6) is 11.5 Å². The van der Waals surface area contributed by atoms with Crippen molar-refractivity contribution in [3.63, 3.8) is 0 Å². The lowest BCUT2D eigenvalue weighted by Gasteiger charge is -2.14. The number of hydrogen-bond donors (Lipinski definition) is 1. The van der Waals surface area contributed by atoms with Gasteiger partial charge in [0.05, 0.1) is 11.6 Å². The SMILES string of the molecule is CCOc1cc(/C=C2\N=C(c3ccc(NC(C)=O)cc3)OC2=O)cc(Cl)c1OCc1ccc(I)cc1. The first kappa shape index (κ1) is 25.7. The Balaban J connectivity index is 1.56. The summed E-state index contributed by atoms with van der Waals surface area (Å²) < 4.78 is 18.2. The summed E-state index contributed by atoms with van der Waals surface area (Å²) in [4.78, 5) is 28.0. The van der Waals surface area contributed by atoms with Crippen molar-refractivity contribution in [2.75, 3.05) is 11.9 Å². The smallest absolute Gasteiger partial charge is 0.363 e. The Bertz CT molecular complexity index is 1350. The quantitative estimate of drug-likeness (QED) is 0.184. The van der Waals surface area contributed by atoms with Crippen LogP contribution in [0.15, 0.2) is 71.4 Å². The van der Waals surface area contributed by atoms with E-state index in [0.717, 1.165) is 9.13 Å². The summed E-state index contributed by atoms with van der Waals surface area (Å²) in [6.45, 7) is 4.04. The maximum absolute atomic E-state index is 12.5. The molecule has 0 aliphatic carbocycles. The van der Waals surface area contributed by atoms with Gasteiger partial charge in [-0.25, -0.2) is 9.79 Å². The van der Waals surface area contributed by atoms with E-state index < -0.39 is 5.97 Å². The number of hydrogen-bond acceptors (Lipinski definition) is 6. The van der Waals surface area contributed by atoms with Gasteiger partial charge in [0.25, 0.3) is 0 Å². The monoisotopic (exact) mass is 616 g/mol. The fraction of sp³-hybridized carbons (Fsp3) is 0.148. The Morgan fingerprint density at radius 3 is 2.50 bits per heavy atom. The summed E-state index contributed by atoms with van der Waals surface area (Å²) in [6, 6.07) is 18.3. The largest absolute Gasteiger partial charge is 0.490 e. The number of carbonyl (C=O) groups is 2. The van der Waals surface area contributed by atoms with Crippen molar-refractivity contribution in [3.8, 4) is 11.5 Å². The predicted octanol–water partition coefficient (Wildman–Crippen LogP) is 6.23. The van der Waals surface area contributed by atoms with E-state index in [1.165, 1.54) is 6.92 Å². The molecule has 1 aliphatic heterocycles. The van der Waals surface area contributed by atoms with E-state index in [9.17, 15) is 9.59 Å². The minimum absolute atomic E-state index is 0.127. The molecule has 0 atom stereocenters. The summed E-state index contributed by atoms with van der Waals surface area (Å²) in [6.07, 6.45) is 1.58. The van der Waals surface area contributed by atoms with E-state index in [1.807, 2.05) is 31.2 Å². The molecule has 36 heavy (non-hydrogen) atoms. The van der Waals surface area contributed by atoms with E-state index in [2.05, 4.69) is 32.9 Å². The average molecular weight is 617 g/mol. The second kappa shape index (κ2) is 11.6. The highest BCUT2D eigenvalue weighted by molar-refractivity contribution is 14.1. The van der Waals surface area contributed by atoms with Crippen molar-refractivity contribution in [2.45, 2.75) is 20.5 Å². The maximum atomic E-state index is 12.5. The van der Waals surface area contributed by atoms with E-state index in [1.54, 1.807) is 42.5 Å². The highest BCUT2D eigenvalue weighted by Gasteiger charge is 2.24. The summed E-state index contributed by atoms with van der Waals surface area (Å²) >= 11 is 8.79. The van der Waals surface area contributed by atoms with E-state index in [-0.39, 0.29) is 17.5 Å². The number of carbonyl (C=O) groups excluding carboxylic acids is 2. The van der Waals surface area contributed by atoms with Gasteiger partial charge in [-0.3, -0.25) is 4.79 Å². The number of rotatable bonds is 8. The fourth-order valence-corrected chi connectivity index (χ4v) is 4.03. The summed E-state index contributed by atoms with van der Waals surface area (Å²) in [5, 5.41) is 3.04. The Labute approximate surface area is 227 Å². The number of halogens is 2. The third kappa shape index (κ3) is 6.44. The number of nitrogens with one attached hydrogen (secondary N) is 1. The third-order valence-corrected chi connectivity index (χ3v) is 6.00. The van der Waals surface area contributed by atoms with Crippen molar-refractivity contribution >= 4 is 63.7 Å². The molecule has 184 valence electrons. The molecule has 3 aromatic rings. The van der Waals surface area contributed by atoms with Crippen LogP contribution in [0.4, 0.5) is 5.69 Å². The van der Waals surface area contributed by atoms with Crippen molar-refractivity contribution in [2.24, 2.45) is 4.99 Å². The van der Waals surface area contributed by atoms with Gasteiger partial charge in [-0.2, -0.15) is 0 Å². The van der Waals surface area contributed by atoms with Gasteiger partial charge >= 0.3 is 5.97 Å². The molecule has 0 saturated carbocycles. The molecule has 0 spiro atoms. The molecular weight excluding hydrogens is 595 g/mol. The molecule has 0 bridgehead atoms. The zero-order chi connectivity index (χ0) is 25.7. The van der Waals surface area contributed by atoms with Gasteiger partial charge in [-0.05, 0) is 95.2 Å². The van der Waals surface area contributed by atoms with Gasteiger partial charge in [-0.15, -0.1) is 0 Å². The zero-order valence-corrected chi connectivity index (χ0v) is 22.4. The van der Waals surface area contributed by atoms with Gasteiger partial charge in [0.2, 0.25) is 11.8 Å². The Morgan fingerprint density at radius 1 is 1.11 bits per heavy atom. The van der Waals surface area contributed by atoms with Gasteiger partial charge in [0.15, 0.2) is 17.2 Å². The van der Waals surface area contributed by atoms with Crippen LogP contribution in [-0.2, 0) is 20.9 Å². The lowest BCUT2D eigenvalue weighted by molar-refractivity contribution is -0.129. The fourth-order valence-electron chi connectivity index (χ4n) is 3.40. The van der Waals surface area contributed by atoms with E-state index >= 15 is 0 Å². The lowest BCUT2D eigenvalue weighted by atomic mass is 10.1.